The Morgan fingerprint density at radius 1 is 1.69 bits per heavy atom. The van der Waals surface area contributed by atoms with E-state index in [4.69, 9.17) is 16.7 Å². The summed E-state index contributed by atoms with van der Waals surface area (Å²) in [5, 5.41) is 15.0. The van der Waals surface area contributed by atoms with Crippen LogP contribution in [0.1, 0.15) is 16.1 Å². The molecule has 1 aromatic rings. The van der Waals surface area contributed by atoms with E-state index < -0.39 is 0 Å². The Balaban J connectivity index is 1.89. The van der Waals surface area contributed by atoms with Gasteiger partial charge in [0.05, 0.1) is 15.8 Å². The lowest BCUT2D eigenvalue weighted by Gasteiger charge is -2.10. The van der Waals surface area contributed by atoms with Gasteiger partial charge in [0, 0.05) is 18.6 Å². The van der Waals surface area contributed by atoms with Gasteiger partial charge in [0.15, 0.2) is 0 Å². The van der Waals surface area contributed by atoms with Gasteiger partial charge in [-0.1, -0.05) is 11.6 Å². The molecule has 4 nitrogen and oxygen atoms in total. The van der Waals surface area contributed by atoms with Crippen molar-refractivity contribution in [3.8, 4) is 0 Å². The van der Waals surface area contributed by atoms with Gasteiger partial charge in [0.2, 0.25) is 0 Å². The second kappa shape index (κ2) is 5.14. The van der Waals surface area contributed by atoms with Crippen molar-refractivity contribution in [3.05, 3.63) is 21.3 Å². The molecule has 88 valence electrons. The van der Waals surface area contributed by atoms with Crippen LogP contribution in [0.3, 0.4) is 0 Å². The zero-order chi connectivity index (χ0) is 11.5. The van der Waals surface area contributed by atoms with Crippen LogP contribution in [0, 0.1) is 0 Å². The maximum absolute atomic E-state index is 11.8. The summed E-state index contributed by atoms with van der Waals surface area (Å²) in [4.78, 5) is 12.4. The van der Waals surface area contributed by atoms with Gasteiger partial charge in [-0.3, -0.25) is 4.79 Å². The van der Waals surface area contributed by atoms with Crippen molar-refractivity contribution in [2.45, 2.75) is 18.5 Å². The quantitative estimate of drug-likeness (QED) is 0.755. The topological polar surface area (TPSA) is 61.4 Å². The Labute approximate surface area is 103 Å². The third-order valence-corrected chi connectivity index (χ3v) is 3.80. The largest absolute Gasteiger partial charge is 0.395 e. The van der Waals surface area contributed by atoms with Crippen LogP contribution in [0.2, 0.25) is 4.34 Å². The molecule has 1 amide bonds. The molecule has 0 aliphatic carbocycles. The molecule has 0 bridgehead atoms. The number of hydrogen-bond donors (Lipinski definition) is 3. The lowest BCUT2D eigenvalue weighted by molar-refractivity contribution is 0.0943. The summed E-state index contributed by atoms with van der Waals surface area (Å²) in [6.07, 6.45) is 0.765. The third-order valence-electron chi connectivity index (χ3n) is 2.57. The Morgan fingerprint density at radius 2 is 2.50 bits per heavy atom. The number of carbonyl (C=O) groups is 1. The van der Waals surface area contributed by atoms with Crippen molar-refractivity contribution in [1.82, 2.24) is 10.6 Å². The molecular formula is C10H13ClN2O2S. The van der Waals surface area contributed by atoms with E-state index in [0.717, 1.165) is 6.42 Å². The van der Waals surface area contributed by atoms with Crippen LogP contribution < -0.4 is 10.6 Å². The van der Waals surface area contributed by atoms with Gasteiger partial charge in [-0.25, -0.2) is 0 Å². The molecule has 1 aliphatic rings. The lowest BCUT2D eigenvalue weighted by atomic mass is 10.2. The highest BCUT2D eigenvalue weighted by molar-refractivity contribution is 7.17. The molecule has 1 saturated heterocycles. The molecule has 2 unspecified atom stereocenters. The first-order valence-corrected chi connectivity index (χ1v) is 6.29. The molecular weight excluding hydrogens is 248 g/mol. The minimum Gasteiger partial charge on any atom is -0.395 e. The van der Waals surface area contributed by atoms with Gasteiger partial charge in [-0.05, 0) is 18.6 Å². The monoisotopic (exact) mass is 260 g/mol. The summed E-state index contributed by atoms with van der Waals surface area (Å²) < 4.78 is 0.614. The average Bonchev–Trinajstić information content (AvgIpc) is 2.87. The fraction of sp³-hybridized carbons (Fsp3) is 0.500. The number of aliphatic hydroxyl groups excluding tert-OH is 1. The van der Waals surface area contributed by atoms with Crippen LogP contribution in [0.5, 0.6) is 0 Å². The molecule has 2 atom stereocenters. The third kappa shape index (κ3) is 2.74. The normalized spacial score (nSPS) is 24.6. The highest BCUT2D eigenvalue weighted by atomic mass is 35.5. The van der Waals surface area contributed by atoms with E-state index in [1.165, 1.54) is 11.3 Å². The Bertz CT molecular complexity index is 383. The summed E-state index contributed by atoms with van der Waals surface area (Å²) >= 11 is 7.03. The second-order valence-electron chi connectivity index (χ2n) is 3.80. The molecule has 0 spiro atoms. The molecule has 1 aromatic heterocycles. The minimum atomic E-state index is -0.0951. The Hall–Kier alpha value is -0.620. The van der Waals surface area contributed by atoms with Gasteiger partial charge in [0.1, 0.15) is 0 Å². The smallest absolute Gasteiger partial charge is 0.261 e. The predicted molar refractivity (Wildman–Crippen MR) is 64.1 cm³/mol. The van der Waals surface area contributed by atoms with E-state index in [9.17, 15) is 4.79 Å². The number of thiophene rings is 1. The fourth-order valence-electron chi connectivity index (χ4n) is 1.76. The summed E-state index contributed by atoms with van der Waals surface area (Å²) in [6.45, 7) is 0.813. The minimum absolute atomic E-state index is 0.0884. The van der Waals surface area contributed by atoms with Crippen molar-refractivity contribution < 1.29 is 9.90 Å². The molecule has 0 aromatic carbocycles. The zero-order valence-corrected chi connectivity index (χ0v) is 10.1. The van der Waals surface area contributed by atoms with E-state index in [-0.39, 0.29) is 24.6 Å². The van der Waals surface area contributed by atoms with E-state index in [0.29, 0.717) is 15.8 Å². The Kier molecular flexibility index (Phi) is 3.81. The highest BCUT2D eigenvalue weighted by Crippen LogP contribution is 2.21. The van der Waals surface area contributed by atoms with Crippen LogP contribution in [-0.4, -0.2) is 36.2 Å². The molecule has 3 N–H and O–H groups in total. The van der Waals surface area contributed by atoms with E-state index in [2.05, 4.69) is 10.6 Å². The summed E-state index contributed by atoms with van der Waals surface area (Å²) in [6, 6.07) is 3.61. The first-order chi connectivity index (χ1) is 7.69. The van der Waals surface area contributed by atoms with E-state index >= 15 is 0 Å². The van der Waals surface area contributed by atoms with Crippen LogP contribution in [0.15, 0.2) is 12.1 Å². The van der Waals surface area contributed by atoms with Crippen LogP contribution in [0.4, 0.5) is 0 Å². The van der Waals surface area contributed by atoms with Gasteiger partial charge in [-0.2, -0.15) is 0 Å². The van der Waals surface area contributed by atoms with Gasteiger partial charge < -0.3 is 15.7 Å². The van der Waals surface area contributed by atoms with Crippen LogP contribution in [-0.2, 0) is 0 Å². The number of rotatable bonds is 3. The van der Waals surface area contributed by atoms with Gasteiger partial charge in [-0.15, -0.1) is 11.3 Å². The van der Waals surface area contributed by atoms with Crippen molar-refractivity contribution >= 4 is 28.8 Å². The highest BCUT2D eigenvalue weighted by Gasteiger charge is 2.25. The first kappa shape index (κ1) is 11.9. The molecule has 2 heterocycles. The van der Waals surface area contributed by atoms with E-state index in [1.807, 2.05) is 0 Å². The second-order valence-corrected chi connectivity index (χ2v) is 5.51. The number of halogens is 1. The molecule has 0 radical (unpaired) electrons. The summed E-state index contributed by atoms with van der Waals surface area (Å²) in [7, 11) is 0. The number of amides is 1. The van der Waals surface area contributed by atoms with Gasteiger partial charge >= 0.3 is 0 Å². The number of nitrogens with one attached hydrogen (secondary N) is 2. The maximum atomic E-state index is 11.8. The van der Waals surface area contributed by atoms with Crippen LogP contribution >= 0.6 is 22.9 Å². The van der Waals surface area contributed by atoms with Crippen molar-refractivity contribution in [2.24, 2.45) is 0 Å². The molecule has 2 rings (SSSR count). The number of carbonyl (C=O) groups excluding carboxylic acids is 1. The van der Waals surface area contributed by atoms with E-state index in [1.54, 1.807) is 12.1 Å². The number of hydrogen-bond acceptors (Lipinski definition) is 4. The van der Waals surface area contributed by atoms with Crippen LogP contribution in [0.25, 0.3) is 0 Å². The maximum Gasteiger partial charge on any atom is 0.261 e. The molecule has 1 fully saturated rings. The Morgan fingerprint density at radius 3 is 3.06 bits per heavy atom. The lowest BCUT2D eigenvalue weighted by Crippen LogP contribution is -2.35. The fourth-order valence-corrected chi connectivity index (χ4v) is 2.71. The summed E-state index contributed by atoms with van der Waals surface area (Å²) in [5.41, 5.74) is 0. The first-order valence-electron chi connectivity index (χ1n) is 5.09. The van der Waals surface area contributed by atoms with Crippen molar-refractivity contribution in [2.75, 3.05) is 13.2 Å². The van der Waals surface area contributed by atoms with Crippen molar-refractivity contribution in [3.63, 3.8) is 0 Å². The number of aliphatic hydroxyl groups is 1. The van der Waals surface area contributed by atoms with Crippen molar-refractivity contribution in [1.29, 1.82) is 0 Å². The molecule has 16 heavy (non-hydrogen) atoms. The zero-order valence-electron chi connectivity index (χ0n) is 8.57. The van der Waals surface area contributed by atoms with Gasteiger partial charge in [0.25, 0.3) is 5.91 Å². The SMILES string of the molecule is O=C(NC1CNC(CO)C1)c1ccc(Cl)s1. The molecule has 0 saturated carbocycles. The molecule has 1 aliphatic heterocycles. The standard InChI is InChI=1S/C10H13ClN2O2S/c11-9-2-1-8(16-9)10(15)13-6-3-7(5-14)12-4-6/h1-2,6-7,12,14H,3-5H2,(H,13,15). The molecule has 6 heteroatoms. The summed E-state index contributed by atoms with van der Waals surface area (Å²) in [5.74, 6) is -0.0951. The average molecular weight is 261 g/mol. The predicted octanol–water partition coefficient (Wildman–Crippen LogP) is 0.854.